The van der Waals surface area contributed by atoms with Crippen molar-refractivity contribution in [2.24, 2.45) is 5.10 Å². The number of nitrogens with zero attached hydrogens (tertiary/aromatic N) is 2. The predicted molar refractivity (Wildman–Crippen MR) is 113 cm³/mol. The number of carbonyl (C=O) groups excluding carboxylic acids is 2. The lowest BCUT2D eigenvalue weighted by Crippen LogP contribution is -2.59. The van der Waals surface area contributed by atoms with E-state index in [1.807, 2.05) is 17.5 Å². The Hall–Kier alpha value is -2.44. The molecular formula is C20H18F4N4O2S2. The molecule has 3 unspecified atom stereocenters. The summed E-state index contributed by atoms with van der Waals surface area (Å²) in [5, 5.41) is 12.4. The molecule has 1 saturated heterocycles. The summed E-state index contributed by atoms with van der Waals surface area (Å²) in [5.74, 6) is -1.78. The van der Waals surface area contributed by atoms with Crippen LogP contribution in [0.4, 0.5) is 17.6 Å². The largest absolute Gasteiger partial charge is 0.404 e. The Labute approximate surface area is 189 Å². The highest BCUT2D eigenvalue weighted by molar-refractivity contribution is 8.00. The quantitative estimate of drug-likeness (QED) is 0.634. The van der Waals surface area contributed by atoms with Crippen LogP contribution < -0.4 is 10.6 Å². The van der Waals surface area contributed by atoms with Gasteiger partial charge >= 0.3 is 6.18 Å². The van der Waals surface area contributed by atoms with Crippen molar-refractivity contribution >= 4 is 40.6 Å². The Balaban J connectivity index is 1.48. The van der Waals surface area contributed by atoms with Crippen molar-refractivity contribution in [3.05, 3.63) is 58.0 Å². The van der Waals surface area contributed by atoms with E-state index in [9.17, 15) is 27.2 Å². The molecule has 1 fully saturated rings. The zero-order valence-electron chi connectivity index (χ0n) is 16.4. The first kappa shape index (κ1) is 22.7. The molecule has 1 aromatic carbocycles. The molecule has 12 heteroatoms. The maximum Gasteiger partial charge on any atom is 0.404 e. The second-order valence-electron chi connectivity index (χ2n) is 7.26. The number of amides is 2. The minimum atomic E-state index is -4.57. The molecular weight excluding hydrogens is 468 g/mol. The molecule has 1 aromatic heterocycles. The van der Waals surface area contributed by atoms with E-state index in [2.05, 4.69) is 15.7 Å². The molecule has 2 N–H and O–H groups in total. The molecule has 3 heterocycles. The fourth-order valence-corrected chi connectivity index (χ4v) is 5.11. The number of thiophene rings is 1. The van der Waals surface area contributed by atoms with E-state index < -0.39 is 47.8 Å². The first-order chi connectivity index (χ1) is 15.2. The van der Waals surface area contributed by atoms with Gasteiger partial charge in [-0.1, -0.05) is 18.2 Å². The van der Waals surface area contributed by atoms with E-state index in [4.69, 9.17) is 0 Å². The Morgan fingerprint density at radius 1 is 1.22 bits per heavy atom. The van der Waals surface area contributed by atoms with E-state index in [1.165, 1.54) is 28.5 Å². The third kappa shape index (κ3) is 5.13. The summed E-state index contributed by atoms with van der Waals surface area (Å²) in [5.41, 5.74) is 0.342. The first-order valence-electron chi connectivity index (χ1n) is 9.63. The van der Waals surface area contributed by atoms with Crippen molar-refractivity contribution in [1.29, 1.82) is 0 Å². The maximum absolute atomic E-state index is 13.4. The van der Waals surface area contributed by atoms with Gasteiger partial charge in [0.1, 0.15) is 17.4 Å². The minimum absolute atomic E-state index is 0.207. The lowest BCUT2D eigenvalue weighted by atomic mass is 10.0. The first-order valence-corrected chi connectivity index (χ1v) is 11.6. The molecule has 4 rings (SSSR count). The molecule has 0 bridgehead atoms. The highest BCUT2D eigenvalue weighted by atomic mass is 32.2. The number of hydrogen-bond donors (Lipinski definition) is 2. The van der Waals surface area contributed by atoms with Crippen LogP contribution in [0.15, 0.2) is 46.9 Å². The van der Waals surface area contributed by atoms with Crippen molar-refractivity contribution in [3.63, 3.8) is 0 Å². The van der Waals surface area contributed by atoms with Crippen LogP contribution in [0.2, 0.25) is 0 Å². The SMILES string of the molecule is O=C1CC(C(F)(F)F)NC(SCC(=O)N2N=C(c3cccs3)CC2c2ccc(F)cc2)N1. The lowest BCUT2D eigenvalue weighted by molar-refractivity contribution is -0.167. The van der Waals surface area contributed by atoms with Gasteiger partial charge in [0.25, 0.3) is 5.91 Å². The number of halogens is 4. The van der Waals surface area contributed by atoms with Crippen molar-refractivity contribution in [1.82, 2.24) is 15.6 Å². The summed E-state index contributed by atoms with van der Waals surface area (Å²) in [4.78, 5) is 25.5. The molecule has 0 radical (unpaired) electrons. The highest BCUT2D eigenvalue weighted by Crippen LogP contribution is 2.34. The molecule has 2 aliphatic rings. The standard InChI is InChI=1S/C20H18F4N4O2S2/c21-12-5-3-11(4-6-12)14-8-13(15-2-1-7-31-15)27-28(14)18(30)10-32-19-25-16(20(22,23)24)9-17(29)26-19/h1-7,14,16,19,25H,8-10H2,(H,26,29). The molecule has 2 aliphatic heterocycles. The second-order valence-corrected chi connectivity index (χ2v) is 9.30. The predicted octanol–water partition coefficient (Wildman–Crippen LogP) is 3.62. The van der Waals surface area contributed by atoms with Gasteiger partial charge in [-0.05, 0) is 29.1 Å². The van der Waals surface area contributed by atoms with E-state index in [0.717, 1.165) is 16.6 Å². The molecule has 0 aliphatic carbocycles. The fourth-order valence-electron chi connectivity index (χ4n) is 3.47. The summed E-state index contributed by atoms with van der Waals surface area (Å²) < 4.78 is 52.4. The van der Waals surface area contributed by atoms with Gasteiger partial charge in [-0.3, -0.25) is 14.9 Å². The average molecular weight is 487 g/mol. The monoisotopic (exact) mass is 486 g/mol. The number of hydrazone groups is 1. The number of alkyl halides is 3. The molecule has 2 amide bonds. The van der Waals surface area contributed by atoms with Crippen LogP contribution in [0.5, 0.6) is 0 Å². The van der Waals surface area contributed by atoms with Gasteiger partial charge < -0.3 is 5.32 Å². The van der Waals surface area contributed by atoms with Crippen LogP contribution in [0.3, 0.4) is 0 Å². The summed E-state index contributed by atoms with van der Waals surface area (Å²) in [6.45, 7) is 0. The van der Waals surface area contributed by atoms with Gasteiger partial charge in [0.2, 0.25) is 5.91 Å². The Kier molecular flexibility index (Phi) is 6.54. The van der Waals surface area contributed by atoms with Crippen LogP contribution >= 0.6 is 23.1 Å². The molecule has 170 valence electrons. The molecule has 2 aromatic rings. The Morgan fingerprint density at radius 2 is 1.97 bits per heavy atom. The number of nitrogens with one attached hydrogen (secondary N) is 2. The summed E-state index contributed by atoms with van der Waals surface area (Å²) in [7, 11) is 0. The number of rotatable bonds is 5. The van der Waals surface area contributed by atoms with Crippen LogP contribution in [-0.4, -0.2) is 46.0 Å². The highest BCUT2D eigenvalue weighted by Gasteiger charge is 2.45. The van der Waals surface area contributed by atoms with Gasteiger partial charge in [-0.2, -0.15) is 18.3 Å². The van der Waals surface area contributed by atoms with E-state index >= 15 is 0 Å². The van der Waals surface area contributed by atoms with Crippen molar-refractivity contribution in [2.75, 3.05) is 5.75 Å². The lowest BCUT2D eigenvalue weighted by Gasteiger charge is -2.32. The molecule has 32 heavy (non-hydrogen) atoms. The molecule has 0 spiro atoms. The van der Waals surface area contributed by atoms with Crippen molar-refractivity contribution in [3.8, 4) is 0 Å². The van der Waals surface area contributed by atoms with Gasteiger partial charge in [0.15, 0.2) is 0 Å². The number of hydrogen-bond acceptors (Lipinski definition) is 6. The van der Waals surface area contributed by atoms with Crippen LogP contribution in [0, 0.1) is 5.82 Å². The summed E-state index contributed by atoms with van der Waals surface area (Å²) >= 11 is 2.33. The van der Waals surface area contributed by atoms with Gasteiger partial charge in [0.05, 0.1) is 28.8 Å². The number of thioether (sulfide) groups is 1. The normalized spacial score (nSPS) is 23.8. The van der Waals surface area contributed by atoms with Gasteiger partial charge in [0, 0.05) is 6.42 Å². The topological polar surface area (TPSA) is 73.8 Å². The van der Waals surface area contributed by atoms with Crippen molar-refractivity contribution in [2.45, 2.75) is 36.6 Å². The Morgan fingerprint density at radius 3 is 2.62 bits per heavy atom. The summed E-state index contributed by atoms with van der Waals surface area (Å²) in [6.07, 6.45) is -4.85. The van der Waals surface area contributed by atoms with E-state index in [0.29, 0.717) is 17.7 Å². The van der Waals surface area contributed by atoms with Crippen molar-refractivity contribution < 1.29 is 27.2 Å². The smallest absolute Gasteiger partial charge is 0.332 e. The third-order valence-corrected chi connectivity index (χ3v) is 6.95. The Bertz CT molecular complexity index is 1010. The maximum atomic E-state index is 13.4. The van der Waals surface area contributed by atoms with E-state index in [-0.39, 0.29) is 5.75 Å². The minimum Gasteiger partial charge on any atom is -0.332 e. The zero-order chi connectivity index (χ0) is 22.9. The van der Waals surface area contributed by atoms with E-state index in [1.54, 1.807) is 12.1 Å². The van der Waals surface area contributed by atoms with Crippen LogP contribution in [-0.2, 0) is 9.59 Å². The number of carbonyl (C=O) groups is 2. The van der Waals surface area contributed by atoms with Gasteiger partial charge in [-0.15, -0.1) is 23.1 Å². The summed E-state index contributed by atoms with van der Waals surface area (Å²) in [6, 6.07) is 7.08. The van der Waals surface area contributed by atoms with Crippen LogP contribution in [0.1, 0.15) is 29.3 Å². The molecule has 6 nitrogen and oxygen atoms in total. The van der Waals surface area contributed by atoms with Crippen LogP contribution in [0.25, 0.3) is 0 Å². The third-order valence-electron chi connectivity index (χ3n) is 5.03. The average Bonchev–Trinajstić information content (AvgIpc) is 3.41. The number of benzene rings is 1. The molecule has 3 atom stereocenters. The zero-order valence-corrected chi connectivity index (χ0v) is 18.1. The fraction of sp³-hybridized carbons (Fsp3) is 0.350. The molecule has 0 saturated carbocycles. The second kappa shape index (κ2) is 9.20. The van der Waals surface area contributed by atoms with Gasteiger partial charge in [-0.25, -0.2) is 9.40 Å².